The molecule has 2 N–H and O–H groups in total. The molecule has 0 spiro atoms. The highest BCUT2D eigenvalue weighted by molar-refractivity contribution is 9.11. The first-order valence-corrected chi connectivity index (χ1v) is 6.26. The van der Waals surface area contributed by atoms with Crippen molar-refractivity contribution in [1.82, 2.24) is 0 Å². The Kier molecular flexibility index (Phi) is 3.00. The van der Waals surface area contributed by atoms with Crippen LogP contribution in [0.15, 0.2) is 26.6 Å². The van der Waals surface area contributed by atoms with E-state index in [1.165, 1.54) is 4.88 Å². The highest BCUT2D eigenvalue weighted by atomic mass is 79.9. The molecule has 0 amide bonds. The molecule has 4 heteroatoms. The largest absolute Gasteiger partial charge is 0.467 e. The first-order chi connectivity index (χ1) is 7.09. The normalized spacial score (nSPS) is 13.1. The topological polar surface area (TPSA) is 39.2 Å². The fourth-order valence-electron chi connectivity index (χ4n) is 1.61. The van der Waals surface area contributed by atoms with Crippen LogP contribution in [0, 0.1) is 13.8 Å². The van der Waals surface area contributed by atoms with Crippen molar-refractivity contribution in [1.29, 1.82) is 0 Å². The summed E-state index contributed by atoms with van der Waals surface area (Å²) < 4.78 is 6.52. The van der Waals surface area contributed by atoms with E-state index in [0.717, 1.165) is 20.7 Å². The molecule has 0 aliphatic rings. The van der Waals surface area contributed by atoms with Gasteiger partial charge in [-0.05, 0) is 53.0 Å². The van der Waals surface area contributed by atoms with Crippen LogP contribution in [-0.2, 0) is 0 Å². The lowest BCUT2D eigenvalue weighted by Crippen LogP contribution is -2.12. The van der Waals surface area contributed by atoms with Gasteiger partial charge in [0.1, 0.15) is 5.76 Å². The van der Waals surface area contributed by atoms with E-state index in [-0.39, 0.29) is 6.04 Å². The van der Waals surface area contributed by atoms with Gasteiger partial charge in [0.15, 0.2) is 0 Å². The first-order valence-electron chi connectivity index (χ1n) is 4.65. The summed E-state index contributed by atoms with van der Waals surface area (Å²) in [5.41, 5.74) is 8.40. The molecular formula is C11H12BrNOS. The van der Waals surface area contributed by atoms with Crippen LogP contribution in [-0.4, -0.2) is 0 Å². The number of aryl methyl sites for hydroxylation is 2. The van der Waals surface area contributed by atoms with Gasteiger partial charge in [0.25, 0.3) is 0 Å². The smallest absolute Gasteiger partial charge is 0.127 e. The molecule has 2 aromatic heterocycles. The monoisotopic (exact) mass is 285 g/mol. The summed E-state index contributed by atoms with van der Waals surface area (Å²) in [6.45, 7) is 4.08. The number of hydrogen-bond acceptors (Lipinski definition) is 3. The van der Waals surface area contributed by atoms with Gasteiger partial charge in [0, 0.05) is 4.88 Å². The van der Waals surface area contributed by atoms with Crippen molar-refractivity contribution in [2.24, 2.45) is 5.73 Å². The lowest BCUT2D eigenvalue weighted by Gasteiger charge is -2.09. The van der Waals surface area contributed by atoms with Crippen molar-refractivity contribution in [3.05, 3.63) is 43.9 Å². The maximum Gasteiger partial charge on any atom is 0.127 e. The van der Waals surface area contributed by atoms with E-state index in [2.05, 4.69) is 28.9 Å². The van der Waals surface area contributed by atoms with Crippen LogP contribution in [0.2, 0.25) is 0 Å². The van der Waals surface area contributed by atoms with Crippen molar-refractivity contribution in [3.63, 3.8) is 0 Å². The second-order valence-corrected chi connectivity index (χ2v) is 6.14. The molecule has 0 saturated heterocycles. The second kappa shape index (κ2) is 4.12. The molecule has 1 unspecified atom stereocenters. The van der Waals surface area contributed by atoms with Crippen LogP contribution in [0.25, 0.3) is 0 Å². The Bertz CT molecular complexity index is 475. The minimum absolute atomic E-state index is 0.164. The minimum Gasteiger partial charge on any atom is -0.467 e. The summed E-state index contributed by atoms with van der Waals surface area (Å²) in [4.78, 5) is 1.23. The summed E-state index contributed by atoms with van der Waals surface area (Å²) in [5, 5.41) is 0. The number of rotatable bonds is 2. The summed E-state index contributed by atoms with van der Waals surface area (Å²) in [5.74, 6) is 0.850. The van der Waals surface area contributed by atoms with Crippen LogP contribution >= 0.6 is 27.3 Å². The van der Waals surface area contributed by atoms with Gasteiger partial charge in [-0.2, -0.15) is 0 Å². The Hall–Kier alpha value is -0.580. The van der Waals surface area contributed by atoms with E-state index >= 15 is 0 Å². The number of hydrogen-bond donors (Lipinski definition) is 1. The summed E-state index contributed by atoms with van der Waals surface area (Å²) in [6.07, 6.45) is 1.68. The molecule has 0 aliphatic heterocycles. The quantitative estimate of drug-likeness (QED) is 0.912. The predicted molar refractivity (Wildman–Crippen MR) is 66.2 cm³/mol. The van der Waals surface area contributed by atoms with Gasteiger partial charge in [0.05, 0.1) is 16.1 Å². The van der Waals surface area contributed by atoms with E-state index < -0.39 is 0 Å². The van der Waals surface area contributed by atoms with E-state index in [4.69, 9.17) is 10.2 Å². The molecule has 2 nitrogen and oxygen atoms in total. The molecule has 2 aromatic rings. The standard InChI is InChI=1S/C11H12BrNOS/c1-6-3-4-14-11(6)10(13)8-5-9(12)15-7(8)2/h3-5,10H,13H2,1-2H3. The molecule has 15 heavy (non-hydrogen) atoms. The van der Waals surface area contributed by atoms with Crippen LogP contribution in [0.3, 0.4) is 0 Å². The summed E-state index contributed by atoms with van der Waals surface area (Å²) in [7, 11) is 0. The number of furan rings is 1. The molecule has 0 fully saturated rings. The molecule has 2 heterocycles. The van der Waals surface area contributed by atoms with Gasteiger partial charge in [-0.3, -0.25) is 0 Å². The molecule has 0 saturated carbocycles. The van der Waals surface area contributed by atoms with Crippen molar-refractivity contribution in [2.45, 2.75) is 19.9 Å². The number of nitrogens with two attached hydrogens (primary N) is 1. The number of halogens is 1. The summed E-state index contributed by atoms with van der Waals surface area (Å²) in [6, 6.07) is 3.83. The van der Waals surface area contributed by atoms with Crippen LogP contribution in [0.4, 0.5) is 0 Å². The highest BCUT2D eigenvalue weighted by Crippen LogP contribution is 2.33. The molecular weight excluding hydrogens is 274 g/mol. The zero-order valence-electron chi connectivity index (χ0n) is 8.58. The fraction of sp³-hybridized carbons (Fsp3) is 0.273. The van der Waals surface area contributed by atoms with E-state index in [1.807, 2.05) is 13.0 Å². The molecule has 1 atom stereocenters. The van der Waals surface area contributed by atoms with Crippen molar-refractivity contribution < 1.29 is 4.42 Å². The molecule has 2 rings (SSSR count). The van der Waals surface area contributed by atoms with Gasteiger partial charge in [-0.25, -0.2) is 0 Å². The predicted octanol–water partition coefficient (Wildman–Crippen LogP) is 3.77. The minimum atomic E-state index is -0.164. The van der Waals surface area contributed by atoms with Crippen molar-refractivity contribution in [2.75, 3.05) is 0 Å². The zero-order chi connectivity index (χ0) is 11.0. The third-order valence-corrected chi connectivity index (χ3v) is 4.01. The van der Waals surface area contributed by atoms with Gasteiger partial charge in [-0.15, -0.1) is 11.3 Å². The van der Waals surface area contributed by atoms with Gasteiger partial charge in [0.2, 0.25) is 0 Å². The third kappa shape index (κ3) is 2.02. The SMILES string of the molecule is Cc1ccoc1C(N)c1cc(Br)sc1C. The molecule has 80 valence electrons. The molecule has 0 bridgehead atoms. The average molecular weight is 286 g/mol. The summed E-state index contributed by atoms with van der Waals surface area (Å²) >= 11 is 5.16. The first kappa shape index (κ1) is 10.9. The molecule has 0 radical (unpaired) electrons. The Morgan fingerprint density at radius 1 is 1.47 bits per heavy atom. The Morgan fingerprint density at radius 2 is 2.20 bits per heavy atom. The van der Waals surface area contributed by atoms with Crippen LogP contribution in [0.5, 0.6) is 0 Å². The van der Waals surface area contributed by atoms with E-state index in [1.54, 1.807) is 17.6 Å². The lowest BCUT2D eigenvalue weighted by atomic mass is 10.0. The molecule has 0 aromatic carbocycles. The van der Waals surface area contributed by atoms with E-state index in [9.17, 15) is 0 Å². The second-order valence-electron chi connectivity index (χ2n) is 3.51. The Labute approximate surface area is 101 Å². The van der Waals surface area contributed by atoms with Gasteiger partial charge < -0.3 is 10.2 Å². The zero-order valence-corrected chi connectivity index (χ0v) is 11.0. The van der Waals surface area contributed by atoms with Crippen molar-refractivity contribution in [3.8, 4) is 0 Å². The Balaban J connectivity index is 2.40. The molecule has 0 aliphatic carbocycles. The highest BCUT2D eigenvalue weighted by Gasteiger charge is 2.18. The maximum atomic E-state index is 6.17. The Morgan fingerprint density at radius 3 is 2.67 bits per heavy atom. The van der Waals surface area contributed by atoms with Gasteiger partial charge in [-0.1, -0.05) is 0 Å². The average Bonchev–Trinajstić information content (AvgIpc) is 2.71. The van der Waals surface area contributed by atoms with Crippen molar-refractivity contribution >= 4 is 27.3 Å². The van der Waals surface area contributed by atoms with Gasteiger partial charge >= 0.3 is 0 Å². The maximum absolute atomic E-state index is 6.17. The number of thiophene rings is 1. The van der Waals surface area contributed by atoms with E-state index in [0.29, 0.717) is 0 Å². The third-order valence-electron chi connectivity index (χ3n) is 2.45. The fourth-order valence-corrected chi connectivity index (χ4v) is 3.37. The van der Waals surface area contributed by atoms with Crippen LogP contribution < -0.4 is 5.73 Å². The lowest BCUT2D eigenvalue weighted by molar-refractivity contribution is 0.486. The van der Waals surface area contributed by atoms with Crippen LogP contribution in [0.1, 0.15) is 27.8 Å².